The summed E-state index contributed by atoms with van der Waals surface area (Å²) in [5.41, 5.74) is 8.35. The summed E-state index contributed by atoms with van der Waals surface area (Å²) in [5, 5.41) is 5.20. The third-order valence-electron chi connectivity index (χ3n) is 11.1. The minimum absolute atomic E-state index is 0.0685. The number of methoxy groups -OCH3 is 1. The Morgan fingerprint density at radius 3 is 2.40 bits per heavy atom. The van der Waals surface area contributed by atoms with Crippen molar-refractivity contribution in [3.05, 3.63) is 70.0 Å². The van der Waals surface area contributed by atoms with Gasteiger partial charge in [0.05, 0.1) is 53.8 Å². The largest absolute Gasteiger partial charge is 0.497 e. The molecule has 1 saturated heterocycles. The first-order valence-corrected chi connectivity index (χ1v) is 20.5. The number of carbonyl (C=O) groups is 2. The third kappa shape index (κ3) is 6.80. The highest BCUT2D eigenvalue weighted by Crippen LogP contribution is 2.48. The van der Waals surface area contributed by atoms with E-state index in [0.29, 0.717) is 43.4 Å². The second-order valence-electron chi connectivity index (χ2n) is 15.2. The van der Waals surface area contributed by atoms with Crippen molar-refractivity contribution in [2.75, 3.05) is 20.2 Å². The zero-order valence-corrected chi connectivity index (χ0v) is 32.7. The van der Waals surface area contributed by atoms with Gasteiger partial charge in [0.25, 0.3) is 11.8 Å². The molecule has 282 valence electrons. The number of amides is 2. The van der Waals surface area contributed by atoms with Gasteiger partial charge < -0.3 is 18.9 Å². The highest BCUT2D eigenvalue weighted by atomic mass is 32.2. The van der Waals surface area contributed by atoms with Crippen LogP contribution in [0.3, 0.4) is 0 Å². The maximum Gasteiger partial charge on any atom is 0.264 e. The van der Waals surface area contributed by atoms with E-state index in [-0.39, 0.29) is 23.7 Å². The molecule has 2 amide bonds. The molecule has 7 rings (SSSR count). The van der Waals surface area contributed by atoms with Crippen LogP contribution in [0.1, 0.15) is 116 Å². The fourth-order valence-electron chi connectivity index (χ4n) is 8.53. The number of nitrogens with one attached hydrogen (secondary N) is 1. The number of morpholine rings is 1. The summed E-state index contributed by atoms with van der Waals surface area (Å²) in [6, 6.07) is 11.7. The Morgan fingerprint density at radius 1 is 1.02 bits per heavy atom. The van der Waals surface area contributed by atoms with Crippen LogP contribution in [-0.2, 0) is 27.8 Å². The molecular formula is C41H51N5O6S. The van der Waals surface area contributed by atoms with Crippen LogP contribution in [0.15, 0.2) is 36.4 Å². The first kappa shape index (κ1) is 36.9. The number of fused-ring (bicyclic) bond motifs is 5. The van der Waals surface area contributed by atoms with Gasteiger partial charge in [-0.15, -0.1) is 0 Å². The number of nitrogens with zero attached hydrogens (tertiary/aromatic N) is 4. The van der Waals surface area contributed by atoms with Crippen molar-refractivity contribution in [3.8, 4) is 17.0 Å². The SMILES string of the molecule is CCn1nc(C)c(C(=O)N2C[C@@H](C)O[C@@H](C)C2)c1C1=Cc2cc(OC)ccc2-c2c(C3CCCCC3)c3ccc(C(=O)NS(=O)(=O)C(C)C)cc3n2C1. The van der Waals surface area contributed by atoms with Gasteiger partial charge in [0.15, 0.2) is 0 Å². The van der Waals surface area contributed by atoms with E-state index in [4.69, 9.17) is 14.6 Å². The molecule has 1 aliphatic carbocycles. The van der Waals surface area contributed by atoms with Crippen molar-refractivity contribution in [2.24, 2.45) is 0 Å². The number of ether oxygens (including phenoxy) is 2. The zero-order valence-electron chi connectivity index (χ0n) is 31.9. The summed E-state index contributed by atoms with van der Waals surface area (Å²) in [5.74, 6) is 0.305. The van der Waals surface area contributed by atoms with Gasteiger partial charge in [0.1, 0.15) is 5.75 Å². The molecule has 3 aliphatic rings. The van der Waals surface area contributed by atoms with E-state index in [1.807, 2.05) is 55.5 Å². The summed E-state index contributed by atoms with van der Waals surface area (Å²) in [6.07, 6.45) is 7.60. The van der Waals surface area contributed by atoms with Crippen LogP contribution in [0, 0.1) is 6.92 Å². The van der Waals surface area contributed by atoms with E-state index < -0.39 is 21.2 Å². The Bertz CT molecular complexity index is 2220. The smallest absolute Gasteiger partial charge is 0.264 e. The summed E-state index contributed by atoms with van der Waals surface area (Å²) in [7, 11) is -2.18. The van der Waals surface area contributed by atoms with Crippen LogP contribution >= 0.6 is 0 Å². The lowest BCUT2D eigenvalue weighted by molar-refractivity contribution is -0.0586. The molecule has 0 spiro atoms. The van der Waals surface area contributed by atoms with Gasteiger partial charge in [0.2, 0.25) is 10.0 Å². The monoisotopic (exact) mass is 741 g/mol. The van der Waals surface area contributed by atoms with Crippen LogP contribution in [0.2, 0.25) is 0 Å². The minimum atomic E-state index is -3.84. The van der Waals surface area contributed by atoms with Gasteiger partial charge in [-0.1, -0.05) is 25.3 Å². The number of aryl methyl sites for hydroxylation is 2. The van der Waals surface area contributed by atoms with E-state index in [1.54, 1.807) is 27.0 Å². The minimum Gasteiger partial charge on any atom is -0.497 e. The molecule has 2 aromatic carbocycles. The van der Waals surface area contributed by atoms with Crippen molar-refractivity contribution in [1.29, 1.82) is 0 Å². The molecule has 0 radical (unpaired) electrons. The zero-order chi connectivity index (χ0) is 37.8. The molecular weight excluding hydrogens is 691 g/mol. The quantitative estimate of drug-likeness (QED) is 0.203. The number of hydrogen-bond acceptors (Lipinski definition) is 7. The molecule has 1 saturated carbocycles. The fraction of sp³-hybridized carbons (Fsp3) is 0.488. The molecule has 0 bridgehead atoms. The Balaban J connectivity index is 1.47. The van der Waals surface area contributed by atoms with Gasteiger partial charge in [0, 0.05) is 41.7 Å². The van der Waals surface area contributed by atoms with E-state index in [0.717, 1.165) is 70.4 Å². The van der Waals surface area contributed by atoms with Crippen LogP contribution in [0.5, 0.6) is 5.75 Å². The normalized spacial score (nSPS) is 19.5. The van der Waals surface area contributed by atoms with Gasteiger partial charge in [-0.25, -0.2) is 13.1 Å². The van der Waals surface area contributed by atoms with Crippen molar-refractivity contribution < 1.29 is 27.5 Å². The number of benzene rings is 2. The van der Waals surface area contributed by atoms with Crippen molar-refractivity contribution in [2.45, 2.75) is 110 Å². The average molecular weight is 742 g/mol. The van der Waals surface area contributed by atoms with Crippen LogP contribution in [-0.4, -0.2) is 77.1 Å². The molecule has 2 aliphatic heterocycles. The average Bonchev–Trinajstić information content (AvgIpc) is 3.57. The Hall–Kier alpha value is -4.42. The first-order valence-electron chi connectivity index (χ1n) is 18.9. The predicted octanol–water partition coefficient (Wildman–Crippen LogP) is 7.16. The molecule has 2 fully saturated rings. The standard InChI is InChI=1S/C41H51N5O6S/c1-8-46-38(36(27(6)42-46)41(48)44-21-25(4)52-26(5)22-44)31-18-30-19-32(51-7)15-17-33(30)39-37(28-12-10-9-11-13-28)34-16-14-29(20-35(34)45(39)23-31)40(47)43-53(49,50)24(2)3/h14-20,24-26,28H,8-13,21-23H2,1-7H3,(H,43,47)/t25-,26+. The highest BCUT2D eigenvalue weighted by Gasteiger charge is 2.35. The third-order valence-corrected chi connectivity index (χ3v) is 12.8. The van der Waals surface area contributed by atoms with Crippen molar-refractivity contribution in [3.63, 3.8) is 0 Å². The molecule has 1 N–H and O–H groups in total. The molecule has 2 atom stereocenters. The number of allylic oxidation sites excluding steroid dienone is 1. The maximum absolute atomic E-state index is 14.6. The molecule has 0 unspecified atom stereocenters. The van der Waals surface area contributed by atoms with Gasteiger partial charge >= 0.3 is 0 Å². The van der Waals surface area contributed by atoms with E-state index >= 15 is 0 Å². The number of hydrogen-bond donors (Lipinski definition) is 1. The molecule has 12 heteroatoms. The first-order chi connectivity index (χ1) is 25.3. The Labute approximate surface area is 312 Å². The number of carbonyl (C=O) groups excluding carboxylic acids is 2. The molecule has 4 aromatic rings. The Kier molecular flexibility index (Phi) is 10.1. The van der Waals surface area contributed by atoms with Gasteiger partial charge in [-0.2, -0.15) is 5.10 Å². The van der Waals surface area contributed by atoms with Crippen LogP contribution < -0.4 is 9.46 Å². The molecule has 53 heavy (non-hydrogen) atoms. The summed E-state index contributed by atoms with van der Waals surface area (Å²) >= 11 is 0. The van der Waals surface area contributed by atoms with Gasteiger partial charge in [-0.05, 0) is 113 Å². The number of sulfonamides is 1. The summed E-state index contributed by atoms with van der Waals surface area (Å²) < 4.78 is 43.7. The molecule has 4 heterocycles. The molecule has 11 nitrogen and oxygen atoms in total. The number of rotatable bonds is 8. The topological polar surface area (TPSA) is 125 Å². The van der Waals surface area contributed by atoms with E-state index in [2.05, 4.69) is 27.5 Å². The fourth-order valence-corrected chi connectivity index (χ4v) is 9.14. The number of aromatic nitrogens is 3. The maximum atomic E-state index is 14.6. The lowest BCUT2D eigenvalue weighted by Gasteiger charge is -2.35. The van der Waals surface area contributed by atoms with E-state index in [1.165, 1.54) is 12.0 Å². The lowest BCUT2D eigenvalue weighted by atomic mass is 9.81. The summed E-state index contributed by atoms with van der Waals surface area (Å²) in [6.45, 7) is 13.0. The van der Waals surface area contributed by atoms with E-state index in [9.17, 15) is 18.0 Å². The molecule has 2 aromatic heterocycles. The summed E-state index contributed by atoms with van der Waals surface area (Å²) in [4.78, 5) is 30.0. The predicted molar refractivity (Wildman–Crippen MR) is 208 cm³/mol. The van der Waals surface area contributed by atoms with Crippen LogP contribution in [0.4, 0.5) is 0 Å². The Morgan fingerprint density at radius 2 is 1.74 bits per heavy atom. The lowest BCUT2D eigenvalue weighted by Crippen LogP contribution is -2.48. The second kappa shape index (κ2) is 14.4. The van der Waals surface area contributed by atoms with Gasteiger partial charge in [-0.3, -0.25) is 14.3 Å². The van der Waals surface area contributed by atoms with Crippen LogP contribution in [0.25, 0.3) is 33.8 Å². The van der Waals surface area contributed by atoms with Crippen molar-refractivity contribution in [1.82, 2.24) is 24.0 Å². The highest BCUT2D eigenvalue weighted by molar-refractivity contribution is 7.90. The van der Waals surface area contributed by atoms with Crippen molar-refractivity contribution >= 4 is 44.4 Å². The second-order valence-corrected chi connectivity index (χ2v) is 17.4.